The summed E-state index contributed by atoms with van der Waals surface area (Å²) in [5, 5.41) is 2.41. The van der Waals surface area contributed by atoms with Gasteiger partial charge >= 0.3 is 12.3 Å². The molecule has 2 aromatic carbocycles. The van der Waals surface area contributed by atoms with E-state index in [1.54, 1.807) is 0 Å². The number of halogens is 3. The van der Waals surface area contributed by atoms with Crippen LogP contribution in [-0.4, -0.2) is 30.6 Å². The Kier molecular flexibility index (Phi) is 7.54. The Balaban J connectivity index is 1.67. The standard InChI is InChI=1S/C18H16F3NO4S/c19-18(20,21)26-14-8-6-13(7-9-14)22-16(23)12-25-17(24)10-11-27-15-4-2-1-3-5-15/h1-9H,10-12H2,(H,22,23). The molecule has 144 valence electrons. The van der Waals surface area contributed by atoms with Crippen LogP contribution in [-0.2, 0) is 14.3 Å². The quantitative estimate of drug-likeness (QED) is 0.531. The van der Waals surface area contributed by atoms with Crippen LogP contribution in [0.25, 0.3) is 0 Å². The van der Waals surface area contributed by atoms with Crippen LogP contribution < -0.4 is 10.1 Å². The van der Waals surface area contributed by atoms with Gasteiger partial charge in [-0.25, -0.2) is 0 Å². The van der Waals surface area contributed by atoms with Crippen molar-refractivity contribution in [3.63, 3.8) is 0 Å². The molecule has 9 heteroatoms. The number of anilines is 1. The van der Waals surface area contributed by atoms with Crippen LogP contribution >= 0.6 is 11.8 Å². The van der Waals surface area contributed by atoms with Gasteiger partial charge in [0.2, 0.25) is 0 Å². The van der Waals surface area contributed by atoms with Crippen molar-refractivity contribution >= 4 is 29.3 Å². The van der Waals surface area contributed by atoms with Crippen LogP contribution in [0.5, 0.6) is 5.75 Å². The first-order valence-electron chi connectivity index (χ1n) is 7.81. The summed E-state index contributed by atoms with van der Waals surface area (Å²) in [7, 11) is 0. The summed E-state index contributed by atoms with van der Waals surface area (Å²) in [4.78, 5) is 24.4. The van der Waals surface area contributed by atoms with Gasteiger partial charge in [0.05, 0.1) is 6.42 Å². The fourth-order valence-electron chi connectivity index (χ4n) is 1.92. The van der Waals surface area contributed by atoms with Gasteiger partial charge in [-0.1, -0.05) is 18.2 Å². The highest BCUT2D eigenvalue weighted by atomic mass is 32.2. The molecule has 5 nitrogen and oxygen atoms in total. The van der Waals surface area contributed by atoms with E-state index in [1.807, 2.05) is 30.3 Å². The maximum Gasteiger partial charge on any atom is 0.573 e. The Bertz CT molecular complexity index is 751. The zero-order valence-corrected chi connectivity index (χ0v) is 14.8. The van der Waals surface area contributed by atoms with Gasteiger partial charge in [0, 0.05) is 16.3 Å². The van der Waals surface area contributed by atoms with E-state index in [0.29, 0.717) is 5.75 Å². The normalized spacial score (nSPS) is 10.9. The van der Waals surface area contributed by atoms with Crippen molar-refractivity contribution in [3.8, 4) is 5.75 Å². The minimum atomic E-state index is -4.78. The number of amides is 1. The average Bonchev–Trinajstić information content (AvgIpc) is 2.61. The lowest BCUT2D eigenvalue weighted by Crippen LogP contribution is -2.21. The molecule has 0 spiro atoms. The number of benzene rings is 2. The van der Waals surface area contributed by atoms with E-state index >= 15 is 0 Å². The number of carbonyl (C=O) groups excluding carboxylic acids is 2. The molecule has 0 aliphatic heterocycles. The fourth-order valence-corrected chi connectivity index (χ4v) is 2.78. The maximum absolute atomic E-state index is 12.1. The van der Waals surface area contributed by atoms with Gasteiger partial charge in [-0.05, 0) is 36.4 Å². The van der Waals surface area contributed by atoms with E-state index in [-0.39, 0.29) is 12.1 Å². The number of esters is 1. The molecule has 0 heterocycles. The van der Waals surface area contributed by atoms with Gasteiger partial charge in [0.25, 0.3) is 5.91 Å². The van der Waals surface area contributed by atoms with Crippen LogP contribution in [0.1, 0.15) is 6.42 Å². The summed E-state index contributed by atoms with van der Waals surface area (Å²) in [6, 6.07) is 14.2. The Morgan fingerprint density at radius 2 is 1.67 bits per heavy atom. The molecule has 0 radical (unpaired) electrons. The monoisotopic (exact) mass is 399 g/mol. The summed E-state index contributed by atoms with van der Waals surface area (Å²) < 4.78 is 44.8. The van der Waals surface area contributed by atoms with E-state index in [9.17, 15) is 22.8 Å². The largest absolute Gasteiger partial charge is 0.573 e. The second-order valence-corrected chi connectivity index (χ2v) is 6.36. The summed E-state index contributed by atoms with van der Waals surface area (Å²) in [6.07, 6.45) is -4.63. The van der Waals surface area contributed by atoms with Crippen molar-refractivity contribution in [2.45, 2.75) is 17.7 Å². The first kappa shape index (κ1) is 20.6. The van der Waals surface area contributed by atoms with Gasteiger partial charge in [-0.2, -0.15) is 0 Å². The first-order chi connectivity index (χ1) is 12.8. The van der Waals surface area contributed by atoms with Gasteiger partial charge in [-0.3, -0.25) is 9.59 Å². The van der Waals surface area contributed by atoms with Crippen LogP contribution in [0.2, 0.25) is 0 Å². The van der Waals surface area contributed by atoms with Gasteiger partial charge in [-0.15, -0.1) is 24.9 Å². The number of nitrogens with one attached hydrogen (secondary N) is 1. The lowest BCUT2D eigenvalue weighted by atomic mass is 10.3. The van der Waals surface area contributed by atoms with E-state index in [2.05, 4.69) is 10.1 Å². The molecule has 0 aliphatic rings. The molecule has 0 aliphatic carbocycles. The molecule has 0 fully saturated rings. The molecule has 0 saturated heterocycles. The fraction of sp³-hybridized carbons (Fsp3) is 0.222. The van der Waals surface area contributed by atoms with Crippen molar-refractivity contribution in [2.24, 2.45) is 0 Å². The molecule has 2 rings (SSSR count). The molecule has 0 saturated carbocycles. The Morgan fingerprint density at radius 1 is 1.00 bits per heavy atom. The van der Waals surface area contributed by atoms with E-state index in [0.717, 1.165) is 17.0 Å². The molecule has 2 aromatic rings. The predicted octanol–water partition coefficient (Wildman–Crippen LogP) is 4.25. The van der Waals surface area contributed by atoms with E-state index in [4.69, 9.17) is 4.74 Å². The summed E-state index contributed by atoms with van der Waals surface area (Å²) in [6.45, 7) is -0.477. The Morgan fingerprint density at radius 3 is 2.30 bits per heavy atom. The molecular formula is C18H16F3NO4S. The van der Waals surface area contributed by atoms with Crippen LogP contribution in [0.15, 0.2) is 59.5 Å². The van der Waals surface area contributed by atoms with Crippen molar-refractivity contribution in [3.05, 3.63) is 54.6 Å². The molecular weight excluding hydrogens is 383 g/mol. The molecule has 1 amide bonds. The highest BCUT2D eigenvalue weighted by molar-refractivity contribution is 7.99. The Labute approximate surface area is 157 Å². The SMILES string of the molecule is O=C(COC(=O)CCSc1ccccc1)Nc1ccc(OC(F)(F)F)cc1. The summed E-state index contributed by atoms with van der Waals surface area (Å²) >= 11 is 1.50. The third kappa shape index (κ3) is 8.50. The molecule has 0 bridgehead atoms. The second kappa shape index (κ2) is 9.86. The molecule has 0 aromatic heterocycles. The van der Waals surface area contributed by atoms with E-state index < -0.39 is 30.6 Å². The lowest BCUT2D eigenvalue weighted by molar-refractivity contribution is -0.274. The van der Waals surface area contributed by atoms with Crippen molar-refractivity contribution in [2.75, 3.05) is 17.7 Å². The first-order valence-corrected chi connectivity index (χ1v) is 8.79. The van der Waals surface area contributed by atoms with Crippen molar-refractivity contribution in [1.29, 1.82) is 0 Å². The summed E-state index contributed by atoms with van der Waals surface area (Å²) in [5.41, 5.74) is 0.255. The van der Waals surface area contributed by atoms with Gasteiger partial charge in [0.15, 0.2) is 6.61 Å². The number of ether oxygens (including phenoxy) is 2. The third-order valence-electron chi connectivity index (χ3n) is 3.05. The lowest BCUT2D eigenvalue weighted by Gasteiger charge is -2.10. The number of carbonyl (C=O) groups is 2. The number of hydrogen-bond acceptors (Lipinski definition) is 5. The summed E-state index contributed by atoms with van der Waals surface area (Å²) in [5.74, 6) is -0.987. The minimum absolute atomic E-state index is 0.149. The smallest absolute Gasteiger partial charge is 0.456 e. The topological polar surface area (TPSA) is 64.6 Å². The second-order valence-electron chi connectivity index (χ2n) is 5.19. The molecule has 0 atom stereocenters. The van der Waals surface area contributed by atoms with Crippen molar-refractivity contribution < 1.29 is 32.2 Å². The zero-order chi connectivity index (χ0) is 19.7. The Hall–Kier alpha value is -2.68. The number of hydrogen-bond donors (Lipinski definition) is 1. The average molecular weight is 399 g/mol. The number of alkyl halides is 3. The molecule has 0 unspecified atom stereocenters. The molecule has 1 N–H and O–H groups in total. The predicted molar refractivity (Wildman–Crippen MR) is 94.5 cm³/mol. The maximum atomic E-state index is 12.1. The van der Waals surface area contributed by atoms with Crippen LogP contribution in [0.4, 0.5) is 18.9 Å². The van der Waals surface area contributed by atoms with Crippen molar-refractivity contribution in [1.82, 2.24) is 0 Å². The van der Waals surface area contributed by atoms with Gasteiger partial charge in [0.1, 0.15) is 5.75 Å². The van der Waals surface area contributed by atoms with Crippen LogP contribution in [0.3, 0.4) is 0 Å². The molecule has 27 heavy (non-hydrogen) atoms. The minimum Gasteiger partial charge on any atom is -0.456 e. The number of thioether (sulfide) groups is 1. The number of rotatable bonds is 8. The highest BCUT2D eigenvalue weighted by Crippen LogP contribution is 2.24. The highest BCUT2D eigenvalue weighted by Gasteiger charge is 2.30. The zero-order valence-electron chi connectivity index (χ0n) is 14.0. The van der Waals surface area contributed by atoms with Gasteiger partial charge < -0.3 is 14.8 Å². The third-order valence-corrected chi connectivity index (χ3v) is 4.07. The van der Waals surface area contributed by atoms with E-state index in [1.165, 1.54) is 23.9 Å². The van der Waals surface area contributed by atoms with Crippen LogP contribution in [0, 0.1) is 0 Å².